The van der Waals surface area contributed by atoms with Crippen molar-refractivity contribution in [2.24, 2.45) is 0 Å². The summed E-state index contributed by atoms with van der Waals surface area (Å²) in [5, 5.41) is 0. The average molecular weight is 242 g/mol. The lowest BCUT2D eigenvalue weighted by Crippen LogP contribution is -2.10. The lowest BCUT2D eigenvalue weighted by molar-refractivity contribution is 0.234. The van der Waals surface area contributed by atoms with Crippen LogP contribution in [0, 0.1) is 24.7 Å². The number of terminal acetylenes is 2. The van der Waals surface area contributed by atoms with Crippen LogP contribution in [-0.2, 0) is 0 Å². The Balaban J connectivity index is 3.25. The van der Waals surface area contributed by atoms with E-state index in [1.54, 1.807) is 12.1 Å². The molecule has 0 saturated carbocycles. The van der Waals surface area contributed by atoms with Crippen molar-refractivity contribution in [3.63, 3.8) is 0 Å². The molecule has 1 rings (SSSR count). The second-order valence-electron chi connectivity index (χ2n) is 4.47. The largest absolute Gasteiger partial charge is 0.490 e. The molecule has 0 saturated heterocycles. The number of hydrogen-bond donors (Lipinski definition) is 0. The predicted octanol–water partition coefficient (Wildman–Crippen LogP) is 3.22. The van der Waals surface area contributed by atoms with E-state index in [1.807, 2.05) is 27.7 Å². The maximum Gasteiger partial charge on any atom is 0.136 e. The molecule has 0 aliphatic carbocycles. The molecule has 0 aliphatic rings. The monoisotopic (exact) mass is 242 g/mol. The van der Waals surface area contributed by atoms with Crippen LogP contribution in [0.15, 0.2) is 12.1 Å². The van der Waals surface area contributed by atoms with E-state index in [4.69, 9.17) is 22.3 Å². The van der Waals surface area contributed by atoms with Crippen LogP contribution in [0.1, 0.15) is 38.8 Å². The SMILES string of the molecule is C#Cc1cc(OC(C)C)c(C#C)cc1OC(C)C. The Hall–Kier alpha value is -2.06. The molecule has 0 N–H and O–H groups in total. The van der Waals surface area contributed by atoms with Gasteiger partial charge >= 0.3 is 0 Å². The van der Waals surface area contributed by atoms with Gasteiger partial charge in [-0.2, -0.15) is 0 Å². The summed E-state index contributed by atoms with van der Waals surface area (Å²) in [6.45, 7) is 7.76. The highest BCUT2D eigenvalue weighted by Crippen LogP contribution is 2.29. The van der Waals surface area contributed by atoms with Crippen molar-refractivity contribution in [1.82, 2.24) is 0 Å². The van der Waals surface area contributed by atoms with Crippen LogP contribution in [0.2, 0.25) is 0 Å². The van der Waals surface area contributed by atoms with E-state index in [2.05, 4.69) is 11.8 Å². The number of rotatable bonds is 4. The summed E-state index contributed by atoms with van der Waals surface area (Å²) in [7, 11) is 0. The van der Waals surface area contributed by atoms with Crippen molar-refractivity contribution in [2.75, 3.05) is 0 Å². The third-order valence-electron chi connectivity index (χ3n) is 2.12. The van der Waals surface area contributed by atoms with E-state index in [1.165, 1.54) is 0 Å². The Bertz CT molecular complexity index is 451. The van der Waals surface area contributed by atoms with Crippen molar-refractivity contribution in [1.29, 1.82) is 0 Å². The molecule has 0 atom stereocenters. The fourth-order valence-corrected chi connectivity index (χ4v) is 1.49. The van der Waals surface area contributed by atoms with Gasteiger partial charge in [-0.1, -0.05) is 11.8 Å². The van der Waals surface area contributed by atoms with Crippen LogP contribution < -0.4 is 9.47 Å². The van der Waals surface area contributed by atoms with Crippen molar-refractivity contribution in [3.05, 3.63) is 23.3 Å². The average Bonchev–Trinajstić information content (AvgIpc) is 2.29. The van der Waals surface area contributed by atoms with E-state index >= 15 is 0 Å². The van der Waals surface area contributed by atoms with Gasteiger partial charge < -0.3 is 9.47 Å². The Morgan fingerprint density at radius 3 is 1.39 bits per heavy atom. The van der Waals surface area contributed by atoms with Gasteiger partial charge in [-0.25, -0.2) is 0 Å². The minimum Gasteiger partial charge on any atom is -0.490 e. The fraction of sp³-hybridized carbons (Fsp3) is 0.375. The van der Waals surface area contributed by atoms with Crippen molar-refractivity contribution in [3.8, 4) is 36.2 Å². The smallest absolute Gasteiger partial charge is 0.136 e. The van der Waals surface area contributed by atoms with Gasteiger partial charge in [0.1, 0.15) is 11.5 Å². The highest BCUT2D eigenvalue weighted by molar-refractivity contribution is 5.57. The van der Waals surface area contributed by atoms with E-state index < -0.39 is 0 Å². The Kier molecular flexibility index (Phi) is 4.69. The summed E-state index contributed by atoms with van der Waals surface area (Å²) < 4.78 is 11.3. The lowest BCUT2D eigenvalue weighted by Gasteiger charge is -2.16. The highest BCUT2D eigenvalue weighted by atomic mass is 16.5. The third-order valence-corrected chi connectivity index (χ3v) is 2.12. The molecular weight excluding hydrogens is 224 g/mol. The standard InChI is InChI=1S/C16H18O2/c1-7-13-9-16(18-12(5)6)14(8-2)10-15(13)17-11(3)4/h1-2,9-12H,3-6H3. The van der Waals surface area contributed by atoms with Crippen LogP contribution in [0.4, 0.5) is 0 Å². The Morgan fingerprint density at radius 1 is 0.833 bits per heavy atom. The molecule has 0 amide bonds. The molecule has 0 spiro atoms. The van der Waals surface area contributed by atoms with Gasteiger partial charge in [0.15, 0.2) is 0 Å². The van der Waals surface area contributed by atoms with E-state index in [0.29, 0.717) is 22.6 Å². The summed E-state index contributed by atoms with van der Waals surface area (Å²) in [6.07, 6.45) is 11.0. The maximum atomic E-state index is 5.65. The fourth-order valence-electron chi connectivity index (χ4n) is 1.49. The molecule has 1 aromatic rings. The molecule has 0 aliphatic heterocycles. The summed E-state index contributed by atoms with van der Waals surface area (Å²) in [6, 6.07) is 3.51. The zero-order valence-corrected chi connectivity index (χ0v) is 11.3. The Morgan fingerprint density at radius 2 is 1.17 bits per heavy atom. The molecule has 2 nitrogen and oxygen atoms in total. The molecular formula is C16H18O2. The summed E-state index contributed by atoms with van der Waals surface area (Å²) >= 11 is 0. The van der Waals surface area contributed by atoms with E-state index in [9.17, 15) is 0 Å². The molecule has 0 bridgehead atoms. The van der Waals surface area contributed by atoms with Gasteiger partial charge in [-0.05, 0) is 27.7 Å². The van der Waals surface area contributed by atoms with Crippen LogP contribution in [0.3, 0.4) is 0 Å². The van der Waals surface area contributed by atoms with Gasteiger partial charge in [0.25, 0.3) is 0 Å². The van der Waals surface area contributed by atoms with Crippen LogP contribution in [0.25, 0.3) is 0 Å². The van der Waals surface area contributed by atoms with Crippen molar-refractivity contribution < 1.29 is 9.47 Å². The minimum absolute atomic E-state index is 0.0413. The van der Waals surface area contributed by atoms with Gasteiger partial charge in [-0.3, -0.25) is 0 Å². The van der Waals surface area contributed by atoms with Crippen LogP contribution in [0.5, 0.6) is 11.5 Å². The second kappa shape index (κ2) is 6.03. The van der Waals surface area contributed by atoms with Gasteiger partial charge in [0.2, 0.25) is 0 Å². The molecule has 0 fully saturated rings. The number of benzene rings is 1. The molecule has 0 radical (unpaired) electrons. The zero-order valence-electron chi connectivity index (χ0n) is 11.3. The molecule has 0 aromatic heterocycles. The van der Waals surface area contributed by atoms with Gasteiger partial charge in [0, 0.05) is 12.1 Å². The second-order valence-corrected chi connectivity index (χ2v) is 4.47. The quantitative estimate of drug-likeness (QED) is 0.755. The van der Waals surface area contributed by atoms with Crippen LogP contribution >= 0.6 is 0 Å². The minimum atomic E-state index is 0.0413. The molecule has 2 heteroatoms. The summed E-state index contributed by atoms with van der Waals surface area (Å²) in [5.74, 6) is 6.43. The summed E-state index contributed by atoms with van der Waals surface area (Å²) in [4.78, 5) is 0. The highest BCUT2D eigenvalue weighted by Gasteiger charge is 2.12. The number of hydrogen-bond acceptors (Lipinski definition) is 2. The van der Waals surface area contributed by atoms with Crippen molar-refractivity contribution in [2.45, 2.75) is 39.9 Å². The van der Waals surface area contributed by atoms with Gasteiger partial charge in [-0.15, -0.1) is 12.8 Å². The van der Waals surface area contributed by atoms with E-state index in [0.717, 1.165) is 0 Å². The lowest BCUT2D eigenvalue weighted by atomic mass is 10.1. The van der Waals surface area contributed by atoms with Gasteiger partial charge in [0.05, 0.1) is 23.3 Å². The summed E-state index contributed by atoms with van der Waals surface area (Å²) in [5.41, 5.74) is 1.30. The molecule has 1 aromatic carbocycles. The Labute approximate surface area is 109 Å². The molecule has 94 valence electrons. The normalized spacial score (nSPS) is 10.0. The predicted molar refractivity (Wildman–Crippen MR) is 73.8 cm³/mol. The van der Waals surface area contributed by atoms with Crippen molar-refractivity contribution >= 4 is 0 Å². The van der Waals surface area contributed by atoms with E-state index in [-0.39, 0.29) is 12.2 Å². The molecule has 18 heavy (non-hydrogen) atoms. The first kappa shape index (κ1) is 14.0. The molecule has 0 heterocycles. The number of ether oxygens (including phenoxy) is 2. The first-order valence-electron chi connectivity index (χ1n) is 5.92. The zero-order chi connectivity index (χ0) is 13.7. The van der Waals surface area contributed by atoms with Crippen LogP contribution in [-0.4, -0.2) is 12.2 Å². The maximum absolute atomic E-state index is 5.65. The molecule has 0 unspecified atom stereocenters. The first-order valence-corrected chi connectivity index (χ1v) is 5.92. The third kappa shape index (κ3) is 3.47. The topological polar surface area (TPSA) is 18.5 Å². The first-order chi connectivity index (χ1) is 8.47.